The summed E-state index contributed by atoms with van der Waals surface area (Å²) in [5, 5.41) is 9.84. The Morgan fingerprint density at radius 2 is 1.94 bits per heavy atom. The quantitative estimate of drug-likeness (QED) is 0.394. The Kier molecular flexibility index (Phi) is 6.39. The summed E-state index contributed by atoms with van der Waals surface area (Å²) < 4.78 is 20.9. The topological polar surface area (TPSA) is 59.4 Å². The average Bonchev–Trinajstić information content (AvgIpc) is 3.23. The standard InChI is InChI=1S/C24H18BrClFNO3/c25-15-8-7-14(20(27)11-15)13-31-23-10-9-16(26)12-19(23)17-3-1-4-18(17)21-5-2-6-22(28-21)24(29)30/h2,5-12H,1,3-4,13H2,(H,29,30). The van der Waals surface area contributed by atoms with Crippen LogP contribution in [0.1, 0.15) is 46.6 Å². The molecule has 0 atom stereocenters. The van der Waals surface area contributed by atoms with Crippen molar-refractivity contribution < 1.29 is 19.0 Å². The number of rotatable bonds is 6. The predicted molar refractivity (Wildman–Crippen MR) is 122 cm³/mol. The van der Waals surface area contributed by atoms with E-state index in [9.17, 15) is 14.3 Å². The number of carbonyl (C=O) groups is 1. The number of pyridine rings is 1. The van der Waals surface area contributed by atoms with Crippen LogP contribution in [0.5, 0.6) is 5.75 Å². The maximum absolute atomic E-state index is 14.2. The Hall–Kier alpha value is -2.70. The minimum absolute atomic E-state index is 0.00420. The lowest BCUT2D eigenvalue weighted by Gasteiger charge is -2.15. The van der Waals surface area contributed by atoms with Gasteiger partial charge in [0.2, 0.25) is 0 Å². The van der Waals surface area contributed by atoms with Gasteiger partial charge in [-0.25, -0.2) is 14.2 Å². The van der Waals surface area contributed by atoms with Crippen LogP contribution in [0.4, 0.5) is 4.39 Å². The highest BCUT2D eigenvalue weighted by Crippen LogP contribution is 2.43. The number of nitrogens with zero attached hydrogens (tertiary/aromatic N) is 1. The number of hydrogen-bond acceptors (Lipinski definition) is 3. The molecule has 31 heavy (non-hydrogen) atoms. The van der Waals surface area contributed by atoms with Crippen molar-refractivity contribution >= 4 is 44.6 Å². The summed E-state index contributed by atoms with van der Waals surface area (Å²) in [5.41, 5.74) is 3.90. The van der Waals surface area contributed by atoms with E-state index in [1.54, 1.807) is 30.3 Å². The van der Waals surface area contributed by atoms with Gasteiger partial charge in [-0.2, -0.15) is 0 Å². The molecule has 0 unspecified atom stereocenters. The number of allylic oxidation sites excluding steroid dienone is 2. The molecular weight excluding hydrogens is 485 g/mol. The van der Waals surface area contributed by atoms with Gasteiger partial charge in [-0.1, -0.05) is 39.7 Å². The Bertz CT molecular complexity index is 1200. The van der Waals surface area contributed by atoms with E-state index in [2.05, 4.69) is 20.9 Å². The van der Waals surface area contributed by atoms with Crippen LogP contribution in [0.25, 0.3) is 11.1 Å². The lowest BCUT2D eigenvalue weighted by atomic mass is 9.99. The molecule has 0 spiro atoms. The molecule has 0 radical (unpaired) electrons. The molecule has 1 heterocycles. The first-order valence-electron chi connectivity index (χ1n) is 9.72. The molecule has 0 saturated carbocycles. The van der Waals surface area contributed by atoms with Crippen LogP contribution in [0, 0.1) is 5.82 Å². The third-order valence-corrected chi connectivity index (χ3v) is 5.89. The summed E-state index contributed by atoms with van der Waals surface area (Å²) in [6, 6.07) is 15.2. The zero-order valence-electron chi connectivity index (χ0n) is 16.4. The monoisotopic (exact) mass is 501 g/mol. The third-order valence-electron chi connectivity index (χ3n) is 5.16. The molecule has 2 aromatic carbocycles. The van der Waals surface area contributed by atoms with E-state index in [4.69, 9.17) is 16.3 Å². The Balaban J connectivity index is 1.71. The number of halogens is 3. The Morgan fingerprint density at radius 3 is 2.71 bits per heavy atom. The van der Waals surface area contributed by atoms with Crippen molar-refractivity contribution in [1.82, 2.24) is 4.98 Å². The van der Waals surface area contributed by atoms with Crippen molar-refractivity contribution in [2.75, 3.05) is 0 Å². The van der Waals surface area contributed by atoms with E-state index < -0.39 is 5.97 Å². The Labute approximate surface area is 192 Å². The summed E-state index contributed by atoms with van der Waals surface area (Å²) in [6.45, 7) is 0.0725. The van der Waals surface area contributed by atoms with E-state index in [1.165, 1.54) is 12.1 Å². The second kappa shape index (κ2) is 9.20. The molecular formula is C24H18BrClFNO3. The average molecular weight is 503 g/mol. The number of carboxylic acid groups (broad SMARTS) is 1. The van der Waals surface area contributed by atoms with E-state index in [0.29, 0.717) is 26.5 Å². The minimum Gasteiger partial charge on any atom is -0.488 e. The number of hydrogen-bond donors (Lipinski definition) is 1. The van der Waals surface area contributed by atoms with E-state index in [-0.39, 0.29) is 18.1 Å². The summed E-state index contributed by atoms with van der Waals surface area (Å²) in [7, 11) is 0. The van der Waals surface area contributed by atoms with Crippen molar-refractivity contribution in [1.29, 1.82) is 0 Å². The molecule has 1 N–H and O–H groups in total. The fraction of sp³-hybridized carbons (Fsp3) is 0.167. The van der Waals surface area contributed by atoms with E-state index >= 15 is 0 Å². The van der Waals surface area contributed by atoms with Crippen molar-refractivity contribution in [2.45, 2.75) is 25.9 Å². The first kappa shape index (κ1) is 21.5. The summed E-state index contributed by atoms with van der Waals surface area (Å²) in [6.07, 6.45) is 2.48. The van der Waals surface area contributed by atoms with Gasteiger partial charge in [0.05, 0.1) is 5.69 Å². The van der Waals surface area contributed by atoms with Crippen LogP contribution in [0.2, 0.25) is 5.02 Å². The van der Waals surface area contributed by atoms with Gasteiger partial charge in [-0.3, -0.25) is 0 Å². The lowest BCUT2D eigenvalue weighted by Crippen LogP contribution is -2.03. The van der Waals surface area contributed by atoms with Crippen LogP contribution in [0.3, 0.4) is 0 Å². The molecule has 4 nitrogen and oxygen atoms in total. The SMILES string of the molecule is O=C(O)c1cccc(C2=C(c3cc(Cl)ccc3OCc3ccc(Br)cc3F)CCC2)n1. The van der Waals surface area contributed by atoms with Gasteiger partial charge in [-0.15, -0.1) is 0 Å². The molecule has 1 aromatic heterocycles. The smallest absolute Gasteiger partial charge is 0.354 e. The van der Waals surface area contributed by atoms with Crippen molar-refractivity contribution in [3.05, 3.63) is 92.4 Å². The number of benzene rings is 2. The molecule has 0 saturated heterocycles. The van der Waals surface area contributed by atoms with Crippen molar-refractivity contribution in [2.24, 2.45) is 0 Å². The predicted octanol–water partition coefficient (Wildman–Crippen LogP) is 7.01. The molecule has 7 heteroatoms. The van der Waals surface area contributed by atoms with Gasteiger partial charge in [-0.05, 0) is 72.9 Å². The van der Waals surface area contributed by atoms with Crippen LogP contribution in [0.15, 0.2) is 59.1 Å². The van der Waals surface area contributed by atoms with E-state index in [1.807, 2.05) is 12.1 Å². The van der Waals surface area contributed by atoms with Crippen LogP contribution in [-0.2, 0) is 6.61 Å². The molecule has 0 fully saturated rings. The molecule has 158 valence electrons. The van der Waals surface area contributed by atoms with Crippen LogP contribution >= 0.6 is 27.5 Å². The number of aromatic nitrogens is 1. The van der Waals surface area contributed by atoms with E-state index in [0.717, 1.165) is 36.0 Å². The molecule has 0 bridgehead atoms. The molecule has 1 aliphatic rings. The van der Waals surface area contributed by atoms with Crippen molar-refractivity contribution in [3.63, 3.8) is 0 Å². The molecule has 0 aliphatic heterocycles. The van der Waals surface area contributed by atoms with Crippen LogP contribution < -0.4 is 4.74 Å². The minimum atomic E-state index is -1.06. The highest BCUT2D eigenvalue weighted by molar-refractivity contribution is 9.10. The fourth-order valence-electron chi connectivity index (χ4n) is 3.70. The van der Waals surface area contributed by atoms with Gasteiger partial charge in [0, 0.05) is 20.6 Å². The fourth-order valence-corrected chi connectivity index (χ4v) is 4.21. The summed E-state index contributed by atoms with van der Waals surface area (Å²) >= 11 is 9.53. The highest BCUT2D eigenvalue weighted by Gasteiger charge is 2.22. The van der Waals surface area contributed by atoms with Crippen LogP contribution in [-0.4, -0.2) is 16.1 Å². The number of carboxylic acids is 1. The number of aromatic carboxylic acids is 1. The normalized spacial score (nSPS) is 13.5. The summed E-state index contributed by atoms with van der Waals surface area (Å²) in [4.78, 5) is 15.6. The maximum atomic E-state index is 14.2. The number of ether oxygens (including phenoxy) is 1. The molecule has 0 amide bonds. The third kappa shape index (κ3) is 4.81. The van der Waals surface area contributed by atoms with Crippen molar-refractivity contribution in [3.8, 4) is 5.75 Å². The van der Waals surface area contributed by atoms with Gasteiger partial charge in [0.1, 0.15) is 23.9 Å². The van der Waals surface area contributed by atoms with Gasteiger partial charge in [0.25, 0.3) is 0 Å². The zero-order valence-corrected chi connectivity index (χ0v) is 18.7. The van der Waals surface area contributed by atoms with Gasteiger partial charge >= 0.3 is 5.97 Å². The highest BCUT2D eigenvalue weighted by atomic mass is 79.9. The lowest BCUT2D eigenvalue weighted by molar-refractivity contribution is 0.0690. The maximum Gasteiger partial charge on any atom is 0.354 e. The first-order chi connectivity index (χ1) is 14.9. The molecule has 4 rings (SSSR count). The molecule has 3 aromatic rings. The van der Waals surface area contributed by atoms with Gasteiger partial charge in [0.15, 0.2) is 0 Å². The largest absolute Gasteiger partial charge is 0.488 e. The second-order valence-electron chi connectivity index (χ2n) is 7.19. The molecule has 1 aliphatic carbocycles. The van der Waals surface area contributed by atoms with Gasteiger partial charge < -0.3 is 9.84 Å². The zero-order chi connectivity index (χ0) is 22.0. The second-order valence-corrected chi connectivity index (χ2v) is 8.54. The summed E-state index contributed by atoms with van der Waals surface area (Å²) in [5.74, 6) is -0.818. The Morgan fingerprint density at radius 1 is 1.13 bits per heavy atom. The first-order valence-corrected chi connectivity index (χ1v) is 10.9.